The molecule has 2 N–H and O–H groups in total. The second kappa shape index (κ2) is 6.42. The van der Waals surface area contributed by atoms with Gasteiger partial charge in [0.1, 0.15) is 0 Å². The summed E-state index contributed by atoms with van der Waals surface area (Å²) in [6.07, 6.45) is 0. The molecule has 100 valence electrons. The van der Waals surface area contributed by atoms with Crippen LogP contribution in [0.5, 0.6) is 0 Å². The molecule has 0 fully saturated rings. The molecular formula is C15H17ClN2S. The predicted octanol–water partition coefficient (Wildman–Crippen LogP) is 4.14. The van der Waals surface area contributed by atoms with Crippen LogP contribution in [0, 0.1) is 13.8 Å². The minimum atomic E-state index is 0.200. The zero-order chi connectivity index (χ0) is 13.8. The molecule has 2 nitrogen and oxygen atoms in total. The highest BCUT2D eigenvalue weighted by Crippen LogP contribution is 2.34. The van der Waals surface area contributed by atoms with Gasteiger partial charge in [-0.3, -0.25) is 0 Å². The molecule has 1 unspecified atom stereocenters. The van der Waals surface area contributed by atoms with E-state index in [-0.39, 0.29) is 5.25 Å². The molecule has 2 rings (SSSR count). The normalized spacial score (nSPS) is 12.4. The first kappa shape index (κ1) is 14.4. The van der Waals surface area contributed by atoms with Gasteiger partial charge in [0.05, 0.1) is 5.03 Å². The van der Waals surface area contributed by atoms with Crippen molar-refractivity contribution in [3.8, 4) is 0 Å². The van der Waals surface area contributed by atoms with Crippen LogP contribution in [0.15, 0.2) is 41.4 Å². The average molecular weight is 293 g/mol. The van der Waals surface area contributed by atoms with Crippen molar-refractivity contribution in [1.29, 1.82) is 0 Å². The van der Waals surface area contributed by atoms with Crippen molar-refractivity contribution in [2.45, 2.75) is 24.1 Å². The maximum Gasteiger partial charge on any atom is 0.0972 e. The van der Waals surface area contributed by atoms with Gasteiger partial charge < -0.3 is 5.73 Å². The van der Waals surface area contributed by atoms with Crippen molar-refractivity contribution in [1.82, 2.24) is 4.98 Å². The summed E-state index contributed by atoms with van der Waals surface area (Å²) in [5.41, 5.74) is 9.32. The van der Waals surface area contributed by atoms with Crippen molar-refractivity contribution in [3.05, 3.63) is 58.2 Å². The van der Waals surface area contributed by atoms with Crippen molar-refractivity contribution in [3.63, 3.8) is 0 Å². The maximum atomic E-state index is 5.91. The zero-order valence-electron chi connectivity index (χ0n) is 11.1. The monoisotopic (exact) mass is 292 g/mol. The Kier molecular flexibility index (Phi) is 4.86. The van der Waals surface area contributed by atoms with Crippen LogP contribution in [-0.2, 0) is 0 Å². The van der Waals surface area contributed by atoms with Crippen molar-refractivity contribution < 1.29 is 0 Å². The average Bonchev–Trinajstić information content (AvgIpc) is 2.36. The number of aryl methyl sites for hydroxylation is 2. The van der Waals surface area contributed by atoms with E-state index in [0.717, 1.165) is 15.7 Å². The Morgan fingerprint density at radius 1 is 1.21 bits per heavy atom. The number of hydrogen-bond acceptors (Lipinski definition) is 3. The molecule has 0 aliphatic carbocycles. The summed E-state index contributed by atoms with van der Waals surface area (Å²) in [6, 6.07) is 12.0. The molecule has 1 heterocycles. The van der Waals surface area contributed by atoms with Gasteiger partial charge in [-0.05, 0) is 49.2 Å². The largest absolute Gasteiger partial charge is 0.329 e. The lowest BCUT2D eigenvalue weighted by molar-refractivity contribution is 0.931. The Labute approximate surface area is 123 Å². The van der Waals surface area contributed by atoms with E-state index in [1.54, 1.807) is 11.8 Å². The molecule has 1 aromatic heterocycles. The van der Waals surface area contributed by atoms with E-state index in [2.05, 4.69) is 24.0 Å². The highest BCUT2D eigenvalue weighted by Gasteiger charge is 2.12. The fourth-order valence-corrected chi connectivity index (χ4v) is 3.20. The molecule has 0 saturated heterocycles. The highest BCUT2D eigenvalue weighted by molar-refractivity contribution is 7.99. The summed E-state index contributed by atoms with van der Waals surface area (Å²) in [5, 5.41) is 1.96. The van der Waals surface area contributed by atoms with Crippen LogP contribution in [-0.4, -0.2) is 11.5 Å². The summed E-state index contributed by atoms with van der Waals surface area (Å²) < 4.78 is 0. The van der Waals surface area contributed by atoms with E-state index in [4.69, 9.17) is 17.3 Å². The molecule has 0 bridgehead atoms. The molecule has 0 amide bonds. The summed E-state index contributed by atoms with van der Waals surface area (Å²) in [4.78, 5) is 4.55. The maximum absolute atomic E-state index is 5.91. The zero-order valence-corrected chi connectivity index (χ0v) is 12.6. The number of rotatable bonds is 4. The molecule has 0 aliphatic heterocycles. The number of thioether (sulfide) groups is 1. The van der Waals surface area contributed by atoms with Gasteiger partial charge in [-0.25, -0.2) is 4.98 Å². The second-order valence-corrected chi connectivity index (χ2v) is 6.18. The first-order chi connectivity index (χ1) is 9.08. The van der Waals surface area contributed by atoms with Gasteiger partial charge in [-0.2, -0.15) is 0 Å². The second-order valence-electron chi connectivity index (χ2n) is 4.52. The summed E-state index contributed by atoms with van der Waals surface area (Å²) in [7, 11) is 0. The van der Waals surface area contributed by atoms with Gasteiger partial charge in [0.15, 0.2) is 0 Å². The third kappa shape index (κ3) is 3.96. The minimum absolute atomic E-state index is 0.200. The molecular weight excluding hydrogens is 276 g/mol. The number of aromatic nitrogens is 1. The van der Waals surface area contributed by atoms with Crippen LogP contribution < -0.4 is 5.73 Å². The number of pyridine rings is 1. The van der Waals surface area contributed by atoms with Crippen molar-refractivity contribution >= 4 is 23.4 Å². The Morgan fingerprint density at radius 3 is 2.47 bits per heavy atom. The third-order valence-corrected chi connectivity index (χ3v) is 4.24. The summed E-state index contributed by atoms with van der Waals surface area (Å²) >= 11 is 7.61. The standard InChI is InChI=1S/C15H17ClN2S/c1-10-7-11(2)18-15(8-10)19-14(9-17)12-3-5-13(16)6-4-12/h3-8,14H,9,17H2,1-2H3. The Morgan fingerprint density at radius 2 is 1.89 bits per heavy atom. The molecule has 1 atom stereocenters. The minimum Gasteiger partial charge on any atom is -0.329 e. The van der Waals surface area contributed by atoms with Crippen LogP contribution in [0.4, 0.5) is 0 Å². The highest BCUT2D eigenvalue weighted by atomic mass is 35.5. The van der Waals surface area contributed by atoms with E-state index in [0.29, 0.717) is 6.54 Å². The van der Waals surface area contributed by atoms with E-state index in [9.17, 15) is 0 Å². The summed E-state index contributed by atoms with van der Waals surface area (Å²) in [6.45, 7) is 4.66. The molecule has 0 radical (unpaired) electrons. The molecule has 4 heteroatoms. The van der Waals surface area contributed by atoms with Crippen LogP contribution in [0.25, 0.3) is 0 Å². The fourth-order valence-electron chi connectivity index (χ4n) is 1.94. The molecule has 1 aromatic carbocycles. The molecule has 0 aliphatic rings. The van der Waals surface area contributed by atoms with Gasteiger partial charge in [-0.1, -0.05) is 35.5 Å². The number of halogens is 1. The molecule has 0 saturated carbocycles. The van der Waals surface area contributed by atoms with Crippen molar-refractivity contribution in [2.24, 2.45) is 5.73 Å². The van der Waals surface area contributed by atoms with Gasteiger partial charge in [0.25, 0.3) is 0 Å². The van der Waals surface area contributed by atoms with E-state index >= 15 is 0 Å². The van der Waals surface area contributed by atoms with Crippen LogP contribution >= 0.6 is 23.4 Å². The molecule has 0 spiro atoms. The topological polar surface area (TPSA) is 38.9 Å². The lowest BCUT2D eigenvalue weighted by Crippen LogP contribution is -2.09. The van der Waals surface area contributed by atoms with Crippen LogP contribution in [0.1, 0.15) is 22.1 Å². The quantitative estimate of drug-likeness (QED) is 0.861. The predicted molar refractivity (Wildman–Crippen MR) is 82.8 cm³/mol. The van der Waals surface area contributed by atoms with E-state index < -0.39 is 0 Å². The van der Waals surface area contributed by atoms with Gasteiger partial charge in [-0.15, -0.1) is 0 Å². The van der Waals surface area contributed by atoms with Gasteiger partial charge >= 0.3 is 0 Å². The summed E-state index contributed by atoms with van der Waals surface area (Å²) in [5.74, 6) is 0. The number of hydrogen-bond donors (Lipinski definition) is 1. The molecule has 19 heavy (non-hydrogen) atoms. The number of benzene rings is 1. The van der Waals surface area contributed by atoms with Crippen molar-refractivity contribution in [2.75, 3.05) is 6.54 Å². The first-order valence-corrected chi connectivity index (χ1v) is 7.41. The fraction of sp³-hybridized carbons (Fsp3) is 0.267. The Hall–Kier alpha value is -1.03. The number of nitrogens with zero attached hydrogens (tertiary/aromatic N) is 1. The third-order valence-electron chi connectivity index (χ3n) is 2.79. The number of nitrogens with two attached hydrogens (primary N) is 1. The van der Waals surface area contributed by atoms with Gasteiger partial charge in [0.2, 0.25) is 0 Å². The molecule has 2 aromatic rings. The van der Waals surface area contributed by atoms with Gasteiger partial charge in [0, 0.05) is 22.5 Å². The SMILES string of the molecule is Cc1cc(C)nc(SC(CN)c2ccc(Cl)cc2)c1. The first-order valence-electron chi connectivity index (χ1n) is 6.16. The smallest absolute Gasteiger partial charge is 0.0972 e. The Bertz CT molecular complexity index is 534. The van der Waals surface area contributed by atoms with E-state index in [1.807, 2.05) is 31.2 Å². The van der Waals surface area contributed by atoms with E-state index in [1.165, 1.54) is 11.1 Å². The lowest BCUT2D eigenvalue weighted by Gasteiger charge is -2.15. The lowest BCUT2D eigenvalue weighted by atomic mass is 10.1. The Balaban J connectivity index is 2.21. The van der Waals surface area contributed by atoms with Crippen LogP contribution in [0.2, 0.25) is 5.02 Å². The van der Waals surface area contributed by atoms with Crippen LogP contribution in [0.3, 0.4) is 0 Å².